The van der Waals surface area contributed by atoms with E-state index in [1.54, 1.807) is 18.2 Å². The second kappa shape index (κ2) is 6.23. The van der Waals surface area contributed by atoms with Crippen molar-refractivity contribution in [2.45, 2.75) is 0 Å². The first kappa shape index (κ1) is 14.1. The highest BCUT2D eigenvalue weighted by molar-refractivity contribution is 6.06. The molecular formula is C16H11N3O2. The lowest BCUT2D eigenvalue weighted by atomic mass is 10.0. The van der Waals surface area contributed by atoms with Crippen LogP contribution in [0.5, 0.6) is 0 Å². The van der Waals surface area contributed by atoms with Gasteiger partial charge in [0.05, 0.1) is 18.4 Å². The first-order chi connectivity index (χ1) is 10.2. The van der Waals surface area contributed by atoms with Crippen molar-refractivity contribution >= 4 is 22.4 Å². The number of nitrogens with zero attached hydrogens (tertiary/aromatic N) is 2. The van der Waals surface area contributed by atoms with Gasteiger partial charge in [-0.15, -0.1) is 0 Å². The summed E-state index contributed by atoms with van der Waals surface area (Å²) in [5, 5.41) is 22.1. The van der Waals surface area contributed by atoms with Gasteiger partial charge in [0.2, 0.25) is 0 Å². The van der Waals surface area contributed by atoms with Gasteiger partial charge in [-0.25, -0.2) is 4.79 Å². The maximum absolute atomic E-state index is 11.8. The smallest absolute Gasteiger partial charge is 0.339 e. The predicted molar refractivity (Wildman–Crippen MR) is 78.2 cm³/mol. The number of hydrogen-bond donors (Lipinski definition) is 1. The number of rotatable bonds is 3. The third kappa shape index (κ3) is 2.83. The molecule has 0 aromatic heterocycles. The fourth-order valence-electron chi connectivity index (χ4n) is 1.94. The molecular weight excluding hydrogens is 266 g/mol. The summed E-state index contributed by atoms with van der Waals surface area (Å²) in [7, 11) is 1.30. The van der Waals surface area contributed by atoms with Crippen molar-refractivity contribution in [3.8, 4) is 12.1 Å². The van der Waals surface area contributed by atoms with Crippen LogP contribution in [0.2, 0.25) is 0 Å². The van der Waals surface area contributed by atoms with Crippen molar-refractivity contribution in [2.75, 3.05) is 12.4 Å². The van der Waals surface area contributed by atoms with E-state index < -0.39 is 5.97 Å². The normalized spacial score (nSPS) is 9.29. The molecule has 5 nitrogen and oxygen atoms in total. The van der Waals surface area contributed by atoms with E-state index in [9.17, 15) is 4.79 Å². The lowest BCUT2D eigenvalue weighted by Crippen LogP contribution is -2.06. The summed E-state index contributed by atoms with van der Waals surface area (Å²) in [6.45, 7) is 0. The first-order valence-corrected chi connectivity index (χ1v) is 6.08. The van der Waals surface area contributed by atoms with Gasteiger partial charge in [0.25, 0.3) is 0 Å². The van der Waals surface area contributed by atoms with Gasteiger partial charge in [0.15, 0.2) is 0 Å². The fourth-order valence-corrected chi connectivity index (χ4v) is 1.94. The molecule has 0 radical (unpaired) electrons. The van der Waals surface area contributed by atoms with Crippen LogP contribution in [0, 0.1) is 22.7 Å². The molecule has 0 heterocycles. The average molecular weight is 277 g/mol. The molecule has 0 saturated carbocycles. The van der Waals surface area contributed by atoms with E-state index in [1.165, 1.54) is 13.3 Å². The summed E-state index contributed by atoms with van der Waals surface area (Å²) < 4.78 is 4.76. The number of nitriles is 2. The van der Waals surface area contributed by atoms with E-state index in [1.807, 2.05) is 30.3 Å². The molecule has 1 N–H and O–H groups in total. The molecule has 0 spiro atoms. The van der Waals surface area contributed by atoms with Crippen molar-refractivity contribution in [2.24, 2.45) is 0 Å². The Bertz CT molecular complexity index is 794. The van der Waals surface area contributed by atoms with Gasteiger partial charge in [-0.2, -0.15) is 10.5 Å². The van der Waals surface area contributed by atoms with Gasteiger partial charge < -0.3 is 10.1 Å². The Balaban J connectivity index is 2.62. The highest BCUT2D eigenvalue weighted by Crippen LogP contribution is 2.28. The van der Waals surface area contributed by atoms with E-state index in [2.05, 4.69) is 5.32 Å². The van der Waals surface area contributed by atoms with Gasteiger partial charge in [-0.05, 0) is 11.5 Å². The number of esters is 1. The lowest BCUT2D eigenvalue weighted by Gasteiger charge is -2.11. The SMILES string of the molecule is COC(=O)c1ccc2ccccc2c1NC=C(C#N)C#N. The summed E-state index contributed by atoms with van der Waals surface area (Å²) >= 11 is 0. The molecule has 2 aromatic rings. The number of nitrogens with one attached hydrogen (secondary N) is 1. The molecule has 21 heavy (non-hydrogen) atoms. The van der Waals surface area contributed by atoms with Crippen LogP contribution in [-0.4, -0.2) is 13.1 Å². The van der Waals surface area contributed by atoms with Crippen LogP contribution in [0.15, 0.2) is 48.2 Å². The number of carbonyl (C=O) groups is 1. The van der Waals surface area contributed by atoms with Gasteiger partial charge in [-0.3, -0.25) is 0 Å². The fraction of sp³-hybridized carbons (Fsp3) is 0.0625. The number of methoxy groups -OCH3 is 1. The van der Waals surface area contributed by atoms with Gasteiger partial charge >= 0.3 is 5.97 Å². The summed E-state index contributed by atoms with van der Waals surface area (Å²) in [5.74, 6) is -0.493. The monoisotopic (exact) mass is 277 g/mol. The molecule has 2 rings (SSSR count). The summed E-state index contributed by atoms with van der Waals surface area (Å²) in [6, 6.07) is 14.4. The standard InChI is InChI=1S/C16H11N3O2/c1-21-16(20)14-7-6-12-4-2-3-5-13(12)15(14)19-10-11(8-17)9-18/h2-7,10,19H,1H3. The van der Waals surface area contributed by atoms with Crippen LogP contribution in [-0.2, 0) is 4.74 Å². The molecule has 0 aliphatic heterocycles. The van der Waals surface area contributed by atoms with Gasteiger partial charge in [0, 0.05) is 11.6 Å². The van der Waals surface area contributed by atoms with Crippen LogP contribution in [0.3, 0.4) is 0 Å². The van der Waals surface area contributed by atoms with Gasteiger partial charge in [-0.1, -0.05) is 30.3 Å². The Morgan fingerprint density at radius 1 is 1.19 bits per heavy atom. The number of benzene rings is 2. The second-order valence-corrected chi connectivity index (χ2v) is 4.13. The van der Waals surface area contributed by atoms with Crippen molar-refractivity contribution in [3.05, 3.63) is 53.7 Å². The maximum Gasteiger partial charge on any atom is 0.339 e. The maximum atomic E-state index is 11.8. The second-order valence-electron chi connectivity index (χ2n) is 4.13. The number of fused-ring (bicyclic) bond motifs is 1. The Morgan fingerprint density at radius 3 is 2.57 bits per heavy atom. The third-order valence-electron chi connectivity index (χ3n) is 2.94. The van der Waals surface area contributed by atoms with E-state index in [4.69, 9.17) is 15.3 Å². The van der Waals surface area contributed by atoms with Crippen LogP contribution >= 0.6 is 0 Å². The van der Waals surface area contributed by atoms with E-state index in [-0.39, 0.29) is 5.57 Å². The molecule has 0 atom stereocenters. The molecule has 2 aromatic carbocycles. The molecule has 0 fully saturated rings. The number of ether oxygens (including phenoxy) is 1. The molecule has 0 aliphatic carbocycles. The number of hydrogen-bond acceptors (Lipinski definition) is 5. The lowest BCUT2D eigenvalue weighted by molar-refractivity contribution is 0.0602. The number of allylic oxidation sites excluding steroid dienone is 1. The molecule has 0 amide bonds. The third-order valence-corrected chi connectivity index (χ3v) is 2.94. The minimum absolute atomic E-state index is 0.0845. The molecule has 0 saturated heterocycles. The van der Waals surface area contributed by atoms with Crippen molar-refractivity contribution in [1.82, 2.24) is 0 Å². The van der Waals surface area contributed by atoms with E-state index >= 15 is 0 Å². The quantitative estimate of drug-likeness (QED) is 0.688. The predicted octanol–water partition coefficient (Wildman–Crippen LogP) is 2.97. The minimum Gasteiger partial charge on any atom is -0.465 e. The molecule has 0 unspecified atom stereocenters. The van der Waals surface area contributed by atoms with Gasteiger partial charge in [0.1, 0.15) is 17.7 Å². The van der Waals surface area contributed by atoms with Crippen molar-refractivity contribution in [3.63, 3.8) is 0 Å². The Kier molecular flexibility index (Phi) is 4.18. The summed E-state index contributed by atoms with van der Waals surface area (Å²) in [6.07, 6.45) is 1.27. The number of carbonyl (C=O) groups excluding carboxylic acids is 1. The Labute approximate surface area is 121 Å². The van der Waals surface area contributed by atoms with Crippen LogP contribution < -0.4 is 5.32 Å². The zero-order chi connectivity index (χ0) is 15.2. The zero-order valence-corrected chi connectivity index (χ0v) is 11.3. The Hall–Kier alpha value is -3.31. The molecule has 102 valence electrons. The highest BCUT2D eigenvalue weighted by atomic mass is 16.5. The van der Waals surface area contributed by atoms with E-state index in [0.717, 1.165) is 10.8 Å². The zero-order valence-electron chi connectivity index (χ0n) is 11.3. The first-order valence-electron chi connectivity index (χ1n) is 6.08. The van der Waals surface area contributed by atoms with Crippen LogP contribution in [0.1, 0.15) is 10.4 Å². The summed E-state index contributed by atoms with van der Waals surface area (Å²) in [4.78, 5) is 11.8. The highest BCUT2D eigenvalue weighted by Gasteiger charge is 2.14. The van der Waals surface area contributed by atoms with E-state index in [0.29, 0.717) is 11.3 Å². The van der Waals surface area contributed by atoms with Crippen LogP contribution in [0.4, 0.5) is 5.69 Å². The van der Waals surface area contributed by atoms with Crippen molar-refractivity contribution in [1.29, 1.82) is 10.5 Å². The Morgan fingerprint density at radius 2 is 1.90 bits per heavy atom. The molecule has 0 aliphatic rings. The average Bonchev–Trinajstić information content (AvgIpc) is 2.54. The largest absolute Gasteiger partial charge is 0.465 e. The van der Waals surface area contributed by atoms with Crippen LogP contribution in [0.25, 0.3) is 10.8 Å². The minimum atomic E-state index is -0.493. The topological polar surface area (TPSA) is 85.9 Å². The molecule has 5 heteroatoms. The summed E-state index contributed by atoms with van der Waals surface area (Å²) in [5.41, 5.74) is 0.754. The number of anilines is 1. The molecule has 0 bridgehead atoms. The van der Waals surface area contributed by atoms with Crippen molar-refractivity contribution < 1.29 is 9.53 Å².